The molecule has 110 valence electrons. The van der Waals surface area contributed by atoms with Crippen molar-refractivity contribution in [2.45, 2.75) is 25.8 Å². The third kappa shape index (κ3) is 2.16. The fraction of sp³-hybridized carbons (Fsp3) is 0.400. The molecule has 6 heteroatoms. The number of fused-ring (bicyclic) bond motifs is 1. The molecule has 0 bridgehead atoms. The minimum absolute atomic E-state index is 0.120. The molecule has 2 aliphatic heterocycles. The molecular formula is C15H16N2O4. The Kier molecular flexibility index (Phi) is 2.97. The first-order chi connectivity index (χ1) is 9.89. The van der Waals surface area contributed by atoms with Crippen LogP contribution in [0.1, 0.15) is 29.8 Å². The molecule has 1 N–H and O–H groups in total. The van der Waals surface area contributed by atoms with Gasteiger partial charge in [-0.25, -0.2) is 0 Å². The summed E-state index contributed by atoms with van der Waals surface area (Å²) >= 11 is 0. The summed E-state index contributed by atoms with van der Waals surface area (Å²) in [6.45, 7) is 3.75. The van der Waals surface area contributed by atoms with Crippen LogP contribution in [-0.2, 0) is 16.0 Å². The summed E-state index contributed by atoms with van der Waals surface area (Å²) in [6, 6.07) is 5.20. The average Bonchev–Trinajstić information content (AvgIpc) is 2.89. The summed E-state index contributed by atoms with van der Waals surface area (Å²) in [4.78, 5) is 37.4. The summed E-state index contributed by atoms with van der Waals surface area (Å²) in [5.41, 5.74) is 0.391. The van der Waals surface area contributed by atoms with E-state index in [2.05, 4.69) is 5.32 Å². The topological polar surface area (TPSA) is 75.7 Å². The van der Waals surface area contributed by atoms with Gasteiger partial charge in [0, 0.05) is 12.0 Å². The van der Waals surface area contributed by atoms with Crippen molar-refractivity contribution < 1.29 is 19.1 Å². The molecule has 1 saturated heterocycles. The maximum atomic E-state index is 12.7. The van der Waals surface area contributed by atoms with Gasteiger partial charge in [0.15, 0.2) is 0 Å². The third-order valence-electron chi connectivity index (χ3n) is 3.97. The second-order valence-corrected chi connectivity index (χ2v) is 5.75. The summed E-state index contributed by atoms with van der Waals surface area (Å²) in [6.07, 6.45) is 0.763. The molecule has 6 nitrogen and oxygen atoms in total. The number of nitrogens with one attached hydrogen (secondary N) is 1. The van der Waals surface area contributed by atoms with E-state index in [4.69, 9.17) is 4.74 Å². The second kappa shape index (κ2) is 4.58. The van der Waals surface area contributed by atoms with Gasteiger partial charge in [0.05, 0.1) is 6.61 Å². The van der Waals surface area contributed by atoms with E-state index < -0.39 is 17.4 Å². The third-order valence-corrected chi connectivity index (χ3v) is 3.97. The monoisotopic (exact) mass is 288 g/mol. The number of ether oxygens (including phenoxy) is 1. The smallest absolute Gasteiger partial charge is 0.255 e. The van der Waals surface area contributed by atoms with Gasteiger partial charge < -0.3 is 9.64 Å². The van der Waals surface area contributed by atoms with E-state index in [1.165, 1.54) is 4.90 Å². The van der Waals surface area contributed by atoms with Crippen LogP contribution in [-0.4, -0.2) is 41.3 Å². The van der Waals surface area contributed by atoms with Crippen molar-refractivity contribution in [3.8, 4) is 5.75 Å². The Morgan fingerprint density at radius 1 is 1.33 bits per heavy atom. The normalized spacial score (nSPS) is 19.8. The molecule has 1 aromatic carbocycles. The lowest BCUT2D eigenvalue weighted by atomic mass is 9.97. The van der Waals surface area contributed by atoms with Crippen LogP contribution in [0.3, 0.4) is 0 Å². The number of nitrogens with zero attached hydrogens (tertiary/aromatic N) is 1. The Labute approximate surface area is 122 Å². The van der Waals surface area contributed by atoms with Crippen LogP contribution in [0.2, 0.25) is 0 Å². The van der Waals surface area contributed by atoms with Crippen LogP contribution >= 0.6 is 0 Å². The van der Waals surface area contributed by atoms with Crippen LogP contribution < -0.4 is 10.1 Å². The highest BCUT2D eigenvalue weighted by molar-refractivity contribution is 6.08. The van der Waals surface area contributed by atoms with Gasteiger partial charge >= 0.3 is 0 Å². The number of hydrogen-bond acceptors (Lipinski definition) is 4. The van der Waals surface area contributed by atoms with Gasteiger partial charge in [0.25, 0.3) is 11.8 Å². The zero-order valence-electron chi connectivity index (χ0n) is 11.9. The SMILES string of the molecule is CC1(C)C(=O)NC(=O)CN1C(=O)c1ccc2c(c1)CCO2. The minimum atomic E-state index is -1.06. The van der Waals surface area contributed by atoms with E-state index in [-0.39, 0.29) is 12.5 Å². The van der Waals surface area contributed by atoms with Crippen molar-refractivity contribution in [3.63, 3.8) is 0 Å². The summed E-state index contributed by atoms with van der Waals surface area (Å²) in [5.74, 6) is -0.454. The molecule has 0 aromatic heterocycles. The maximum absolute atomic E-state index is 12.7. The van der Waals surface area contributed by atoms with E-state index in [0.717, 1.165) is 17.7 Å². The molecule has 0 spiro atoms. The summed E-state index contributed by atoms with van der Waals surface area (Å²) in [5, 5.41) is 2.26. The van der Waals surface area contributed by atoms with Gasteiger partial charge in [-0.3, -0.25) is 19.7 Å². The van der Waals surface area contributed by atoms with Crippen LogP contribution in [0, 0.1) is 0 Å². The quantitative estimate of drug-likeness (QED) is 0.763. The van der Waals surface area contributed by atoms with Gasteiger partial charge in [0.1, 0.15) is 17.8 Å². The molecule has 0 atom stereocenters. The molecule has 2 aliphatic rings. The first kappa shape index (κ1) is 13.6. The molecular weight excluding hydrogens is 272 g/mol. The van der Waals surface area contributed by atoms with Crippen LogP contribution in [0.4, 0.5) is 0 Å². The molecule has 3 rings (SSSR count). The molecule has 1 aromatic rings. The number of benzene rings is 1. The molecule has 0 saturated carbocycles. The van der Waals surface area contributed by atoms with Crippen LogP contribution in [0.25, 0.3) is 0 Å². The van der Waals surface area contributed by atoms with Gasteiger partial charge in [-0.1, -0.05) is 0 Å². The average molecular weight is 288 g/mol. The number of rotatable bonds is 1. The van der Waals surface area contributed by atoms with Crippen molar-refractivity contribution in [1.29, 1.82) is 0 Å². The van der Waals surface area contributed by atoms with Crippen molar-refractivity contribution in [2.24, 2.45) is 0 Å². The van der Waals surface area contributed by atoms with Crippen molar-refractivity contribution in [1.82, 2.24) is 10.2 Å². The molecule has 2 heterocycles. The predicted octanol–water partition coefficient (Wildman–Crippen LogP) is 0.499. The lowest BCUT2D eigenvalue weighted by Crippen LogP contribution is -2.65. The fourth-order valence-electron chi connectivity index (χ4n) is 2.58. The Morgan fingerprint density at radius 3 is 2.86 bits per heavy atom. The van der Waals surface area contributed by atoms with Gasteiger partial charge in [-0.2, -0.15) is 0 Å². The first-order valence-corrected chi connectivity index (χ1v) is 6.81. The molecule has 3 amide bonds. The largest absolute Gasteiger partial charge is 0.493 e. The standard InChI is InChI=1S/C15H16N2O4/c1-15(2)14(20)16-12(18)8-17(15)13(19)10-3-4-11-9(7-10)5-6-21-11/h3-4,7H,5-6,8H2,1-2H3,(H,16,18,20). The van der Waals surface area contributed by atoms with E-state index in [1.807, 2.05) is 0 Å². The van der Waals surface area contributed by atoms with Crippen molar-refractivity contribution in [3.05, 3.63) is 29.3 Å². The number of carbonyl (C=O) groups is 3. The van der Waals surface area contributed by atoms with Gasteiger partial charge in [-0.15, -0.1) is 0 Å². The van der Waals surface area contributed by atoms with E-state index >= 15 is 0 Å². The van der Waals surface area contributed by atoms with Crippen molar-refractivity contribution in [2.75, 3.05) is 13.2 Å². The summed E-state index contributed by atoms with van der Waals surface area (Å²) in [7, 11) is 0. The Hall–Kier alpha value is -2.37. The molecule has 0 aliphatic carbocycles. The minimum Gasteiger partial charge on any atom is -0.493 e. The van der Waals surface area contributed by atoms with Crippen LogP contribution in [0.15, 0.2) is 18.2 Å². The molecule has 21 heavy (non-hydrogen) atoms. The number of imide groups is 1. The second-order valence-electron chi connectivity index (χ2n) is 5.75. The number of amides is 3. The van der Waals surface area contributed by atoms with E-state index in [1.54, 1.807) is 32.0 Å². The molecule has 1 fully saturated rings. The Bertz CT molecular complexity index is 651. The summed E-state index contributed by atoms with van der Waals surface area (Å²) < 4.78 is 5.41. The highest BCUT2D eigenvalue weighted by Crippen LogP contribution is 2.28. The number of carbonyl (C=O) groups excluding carboxylic acids is 3. The number of hydrogen-bond donors (Lipinski definition) is 1. The predicted molar refractivity (Wildman–Crippen MR) is 73.9 cm³/mol. The zero-order valence-corrected chi connectivity index (χ0v) is 11.9. The van der Waals surface area contributed by atoms with Gasteiger partial charge in [-0.05, 0) is 37.6 Å². The van der Waals surface area contributed by atoms with Crippen molar-refractivity contribution >= 4 is 17.7 Å². The maximum Gasteiger partial charge on any atom is 0.255 e. The molecule has 0 radical (unpaired) electrons. The molecule has 0 unspecified atom stereocenters. The number of piperazine rings is 1. The lowest BCUT2D eigenvalue weighted by Gasteiger charge is -2.40. The highest BCUT2D eigenvalue weighted by Gasteiger charge is 2.43. The fourth-order valence-corrected chi connectivity index (χ4v) is 2.58. The lowest BCUT2D eigenvalue weighted by molar-refractivity contribution is -0.143. The first-order valence-electron chi connectivity index (χ1n) is 6.81. The van der Waals surface area contributed by atoms with Crippen LogP contribution in [0.5, 0.6) is 5.75 Å². The van der Waals surface area contributed by atoms with Gasteiger partial charge in [0.2, 0.25) is 5.91 Å². The van der Waals surface area contributed by atoms with E-state index in [9.17, 15) is 14.4 Å². The Morgan fingerprint density at radius 2 is 2.10 bits per heavy atom. The highest BCUT2D eigenvalue weighted by atomic mass is 16.5. The Balaban J connectivity index is 1.93. The zero-order chi connectivity index (χ0) is 15.2. The van der Waals surface area contributed by atoms with E-state index in [0.29, 0.717) is 12.2 Å².